The van der Waals surface area contributed by atoms with E-state index in [0.717, 1.165) is 10.9 Å². The minimum absolute atomic E-state index is 0.172. The van der Waals surface area contributed by atoms with E-state index in [0.29, 0.717) is 5.69 Å². The highest BCUT2D eigenvalue weighted by molar-refractivity contribution is 6.04. The fourth-order valence-corrected chi connectivity index (χ4v) is 2.15. The summed E-state index contributed by atoms with van der Waals surface area (Å²) in [6, 6.07) is 7.30. The average molecular weight is 277 g/mol. The molecular weight excluding hydrogens is 258 g/mol. The number of aromatic nitrogens is 2. The van der Waals surface area contributed by atoms with Gasteiger partial charge in [0.15, 0.2) is 12.0 Å². The van der Waals surface area contributed by atoms with Crippen LogP contribution in [0.15, 0.2) is 24.3 Å². The van der Waals surface area contributed by atoms with Gasteiger partial charge in [0, 0.05) is 26.7 Å². The van der Waals surface area contributed by atoms with Crippen LogP contribution < -0.4 is 0 Å². The quantitative estimate of drug-likeness (QED) is 0.844. The Bertz CT molecular complexity index is 592. The van der Waals surface area contributed by atoms with Gasteiger partial charge in [-0.2, -0.15) is 5.10 Å². The Morgan fingerprint density at radius 3 is 2.60 bits per heavy atom. The van der Waals surface area contributed by atoms with Gasteiger partial charge in [-0.1, -0.05) is 18.2 Å². The van der Waals surface area contributed by atoms with E-state index in [2.05, 4.69) is 10.2 Å². The molecule has 2 aromatic rings. The molecule has 1 heterocycles. The van der Waals surface area contributed by atoms with Crippen LogP contribution in [0, 0.1) is 0 Å². The molecule has 0 aliphatic rings. The number of nitrogens with one attached hydrogen (secondary N) is 1. The van der Waals surface area contributed by atoms with Gasteiger partial charge in [0.25, 0.3) is 5.91 Å². The average Bonchev–Trinajstić information content (AvgIpc) is 2.90. The van der Waals surface area contributed by atoms with Crippen LogP contribution in [-0.4, -0.2) is 54.6 Å². The van der Waals surface area contributed by atoms with Gasteiger partial charge in [0.2, 0.25) is 0 Å². The van der Waals surface area contributed by atoms with E-state index >= 15 is 0 Å². The topological polar surface area (TPSA) is 67.5 Å². The number of H-pyrrole nitrogens is 1. The van der Waals surface area contributed by atoms with Crippen LogP contribution in [0.1, 0.15) is 17.4 Å². The van der Waals surface area contributed by atoms with E-state index in [4.69, 9.17) is 9.47 Å². The van der Waals surface area contributed by atoms with Crippen molar-refractivity contribution in [3.63, 3.8) is 0 Å². The van der Waals surface area contributed by atoms with Gasteiger partial charge in [-0.15, -0.1) is 0 Å². The fraction of sp³-hybridized carbons (Fsp3) is 0.429. The maximum atomic E-state index is 12.5. The zero-order valence-electron chi connectivity index (χ0n) is 12.1. The van der Waals surface area contributed by atoms with Crippen LogP contribution in [0.3, 0.4) is 0 Å². The number of aromatic amines is 1. The van der Waals surface area contributed by atoms with Crippen molar-refractivity contribution in [2.45, 2.75) is 19.3 Å². The van der Waals surface area contributed by atoms with Crippen LogP contribution in [0.2, 0.25) is 0 Å². The Balaban J connectivity index is 2.26. The maximum Gasteiger partial charge on any atom is 0.275 e. The number of hydrogen-bond acceptors (Lipinski definition) is 4. The lowest BCUT2D eigenvalue weighted by Crippen LogP contribution is -2.44. The fourth-order valence-electron chi connectivity index (χ4n) is 2.15. The third kappa shape index (κ3) is 2.52. The second-order valence-electron chi connectivity index (χ2n) is 4.61. The normalized spacial score (nSPS) is 12.8. The molecule has 1 N–H and O–H groups in total. The number of likely N-dealkylation sites (N-methyl/N-ethyl adjacent to an activating group) is 1. The van der Waals surface area contributed by atoms with Gasteiger partial charge in [0.05, 0.1) is 11.6 Å². The zero-order valence-corrected chi connectivity index (χ0v) is 12.1. The van der Waals surface area contributed by atoms with Gasteiger partial charge in [0.1, 0.15) is 0 Å². The molecule has 2 rings (SSSR count). The number of para-hydroxylation sites is 1. The number of carbonyl (C=O) groups is 1. The van der Waals surface area contributed by atoms with Crippen LogP contribution >= 0.6 is 0 Å². The van der Waals surface area contributed by atoms with E-state index in [1.165, 1.54) is 0 Å². The number of carbonyl (C=O) groups excluding carboxylic acids is 1. The number of ether oxygens (including phenoxy) is 2. The van der Waals surface area contributed by atoms with E-state index < -0.39 is 6.29 Å². The number of benzene rings is 1. The highest BCUT2D eigenvalue weighted by Crippen LogP contribution is 2.18. The third-order valence-electron chi connectivity index (χ3n) is 3.46. The molecule has 0 fully saturated rings. The van der Waals surface area contributed by atoms with Crippen LogP contribution in [0.5, 0.6) is 0 Å². The summed E-state index contributed by atoms with van der Waals surface area (Å²) in [4.78, 5) is 14.1. The number of fused-ring (bicyclic) bond motifs is 1. The minimum Gasteiger partial charge on any atom is -0.354 e. The lowest BCUT2D eigenvalue weighted by Gasteiger charge is -2.29. The molecule has 1 atom stereocenters. The molecule has 1 aromatic carbocycles. The van der Waals surface area contributed by atoms with Gasteiger partial charge < -0.3 is 14.4 Å². The predicted octanol–water partition coefficient (Wildman–Crippen LogP) is 1.64. The second-order valence-corrected chi connectivity index (χ2v) is 4.61. The largest absolute Gasteiger partial charge is 0.354 e. The summed E-state index contributed by atoms with van der Waals surface area (Å²) in [7, 11) is 4.81. The van der Waals surface area contributed by atoms with E-state index in [9.17, 15) is 4.79 Å². The van der Waals surface area contributed by atoms with Crippen molar-refractivity contribution in [1.29, 1.82) is 0 Å². The Morgan fingerprint density at radius 2 is 1.95 bits per heavy atom. The summed E-state index contributed by atoms with van der Waals surface area (Å²) < 4.78 is 10.4. The zero-order chi connectivity index (χ0) is 14.7. The molecule has 20 heavy (non-hydrogen) atoms. The molecule has 0 saturated heterocycles. The monoisotopic (exact) mass is 277 g/mol. The van der Waals surface area contributed by atoms with Crippen molar-refractivity contribution in [2.24, 2.45) is 0 Å². The first-order chi connectivity index (χ1) is 9.60. The standard InChI is InChI=1S/C14H19N3O3/c1-9(14(19-3)20-4)17(2)13(18)12-10-7-5-6-8-11(10)15-16-12/h5-9,14H,1-4H3,(H,15,16). The van der Waals surface area contributed by atoms with Gasteiger partial charge >= 0.3 is 0 Å². The summed E-state index contributed by atoms with van der Waals surface area (Å²) in [5, 5.41) is 7.78. The first kappa shape index (κ1) is 14.5. The lowest BCUT2D eigenvalue weighted by molar-refractivity contribution is -0.134. The molecule has 6 heteroatoms. The number of hydrogen-bond donors (Lipinski definition) is 1. The molecule has 6 nitrogen and oxygen atoms in total. The second kappa shape index (κ2) is 6.02. The van der Waals surface area contributed by atoms with E-state index in [1.807, 2.05) is 31.2 Å². The van der Waals surface area contributed by atoms with Crippen molar-refractivity contribution < 1.29 is 14.3 Å². The Kier molecular flexibility index (Phi) is 4.36. The summed E-state index contributed by atoms with van der Waals surface area (Å²) in [5.74, 6) is -0.172. The molecule has 0 radical (unpaired) electrons. The number of amides is 1. The summed E-state index contributed by atoms with van der Waals surface area (Å²) in [6.45, 7) is 1.87. The van der Waals surface area contributed by atoms with E-state index in [1.54, 1.807) is 26.2 Å². The summed E-state index contributed by atoms with van der Waals surface area (Å²) >= 11 is 0. The molecule has 0 aliphatic carbocycles. The predicted molar refractivity (Wildman–Crippen MR) is 75.5 cm³/mol. The smallest absolute Gasteiger partial charge is 0.275 e. The van der Waals surface area contributed by atoms with Crippen molar-refractivity contribution in [2.75, 3.05) is 21.3 Å². The summed E-state index contributed by atoms with van der Waals surface area (Å²) in [6.07, 6.45) is -0.478. The minimum atomic E-state index is -0.478. The van der Waals surface area contributed by atoms with Gasteiger partial charge in [-0.3, -0.25) is 9.89 Å². The van der Waals surface area contributed by atoms with Crippen molar-refractivity contribution in [3.8, 4) is 0 Å². The van der Waals surface area contributed by atoms with Crippen LogP contribution in [-0.2, 0) is 9.47 Å². The highest BCUT2D eigenvalue weighted by Gasteiger charge is 2.27. The van der Waals surface area contributed by atoms with Gasteiger partial charge in [-0.05, 0) is 13.0 Å². The van der Waals surface area contributed by atoms with Crippen LogP contribution in [0.4, 0.5) is 0 Å². The van der Waals surface area contributed by atoms with Crippen LogP contribution in [0.25, 0.3) is 10.9 Å². The number of methoxy groups -OCH3 is 2. The molecule has 1 unspecified atom stereocenters. The molecule has 1 amide bonds. The van der Waals surface area contributed by atoms with Crippen molar-refractivity contribution in [1.82, 2.24) is 15.1 Å². The Labute approximate surface area is 117 Å². The molecule has 0 spiro atoms. The molecule has 0 aliphatic heterocycles. The molecule has 108 valence electrons. The molecular formula is C14H19N3O3. The van der Waals surface area contributed by atoms with Crippen molar-refractivity contribution in [3.05, 3.63) is 30.0 Å². The molecule has 0 saturated carbocycles. The summed E-state index contributed by atoms with van der Waals surface area (Å²) in [5.41, 5.74) is 1.24. The number of rotatable bonds is 5. The van der Waals surface area contributed by atoms with Gasteiger partial charge in [-0.25, -0.2) is 0 Å². The first-order valence-corrected chi connectivity index (χ1v) is 6.36. The van der Waals surface area contributed by atoms with E-state index in [-0.39, 0.29) is 11.9 Å². The maximum absolute atomic E-state index is 12.5. The molecule has 1 aromatic heterocycles. The lowest BCUT2D eigenvalue weighted by atomic mass is 10.2. The third-order valence-corrected chi connectivity index (χ3v) is 3.46. The first-order valence-electron chi connectivity index (χ1n) is 6.36. The molecule has 0 bridgehead atoms. The Hall–Kier alpha value is -1.92. The number of nitrogens with zero attached hydrogens (tertiary/aromatic N) is 2. The SMILES string of the molecule is COC(OC)C(C)N(C)C(=O)c1n[nH]c2ccccc12. The van der Waals surface area contributed by atoms with Crippen molar-refractivity contribution >= 4 is 16.8 Å². The Morgan fingerprint density at radius 1 is 1.30 bits per heavy atom. The highest BCUT2D eigenvalue weighted by atomic mass is 16.7.